The highest BCUT2D eigenvalue weighted by Crippen LogP contribution is 2.36. The van der Waals surface area contributed by atoms with Crippen LogP contribution in [0.3, 0.4) is 0 Å². The van der Waals surface area contributed by atoms with Crippen LogP contribution in [-0.2, 0) is 11.2 Å². The summed E-state index contributed by atoms with van der Waals surface area (Å²) in [6, 6.07) is 3.67. The molecule has 0 fully saturated rings. The number of benzene rings is 1. The molecule has 1 rings (SSSR count). The Morgan fingerprint density at radius 1 is 1.33 bits per heavy atom. The zero-order valence-corrected chi connectivity index (χ0v) is 10.6. The molecule has 0 heterocycles. The summed E-state index contributed by atoms with van der Waals surface area (Å²) in [5, 5.41) is 0. The van der Waals surface area contributed by atoms with E-state index < -0.39 is 0 Å². The maximum Gasteiger partial charge on any atom is 0.174 e. The zero-order chi connectivity index (χ0) is 11.4. The summed E-state index contributed by atoms with van der Waals surface area (Å²) in [7, 11) is 3.15. The predicted molar refractivity (Wildman–Crippen MR) is 61.6 cm³/mol. The Bertz CT molecular complexity index is 374. The first kappa shape index (κ1) is 12.0. The molecule has 1 aromatic carbocycles. The van der Waals surface area contributed by atoms with Gasteiger partial charge >= 0.3 is 0 Å². The fraction of sp³-hybridized carbons (Fsp3) is 0.364. The lowest BCUT2D eigenvalue weighted by Gasteiger charge is -2.11. The molecule has 0 aromatic heterocycles. The van der Waals surface area contributed by atoms with Crippen molar-refractivity contribution >= 4 is 21.7 Å². The summed E-state index contributed by atoms with van der Waals surface area (Å²) < 4.78 is 11.1. The summed E-state index contributed by atoms with van der Waals surface area (Å²) in [5.41, 5.74) is 0.909. The number of hydrogen-bond donors (Lipinski definition) is 0. The van der Waals surface area contributed by atoms with E-state index in [4.69, 9.17) is 9.47 Å². The molecule has 15 heavy (non-hydrogen) atoms. The molecule has 0 unspecified atom stereocenters. The Balaban J connectivity index is 3.13. The Hall–Kier alpha value is -1.03. The molecule has 0 spiro atoms. The van der Waals surface area contributed by atoms with E-state index in [2.05, 4.69) is 15.9 Å². The van der Waals surface area contributed by atoms with Gasteiger partial charge in [-0.1, -0.05) is 0 Å². The summed E-state index contributed by atoms with van der Waals surface area (Å²) in [4.78, 5) is 11.0. The van der Waals surface area contributed by atoms with Gasteiger partial charge < -0.3 is 9.47 Å². The molecule has 1 aromatic rings. The van der Waals surface area contributed by atoms with E-state index >= 15 is 0 Å². The first-order chi connectivity index (χ1) is 7.08. The smallest absolute Gasteiger partial charge is 0.174 e. The average Bonchev–Trinajstić information content (AvgIpc) is 2.15. The van der Waals surface area contributed by atoms with Crippen LogP contribution in [0.15, 0.2) is 16.6 Å². The van der Waals surface area contributed by atoms with Gasteiger partial charge in [0.25, 0.3) is 0 Å². The first-order valence-electron chi connectivity index (χ1n) is 4.48. The lowest BCUT2D eigenvalue weighted by Crippen LogP contribution is -1.99. The van der Waals surface area contributed by atoms with E-state index in [0.29, 0.717) is 17.9 Å². The molecule has 0 amide bonds. The molecular formula is C11H13BrO3. The van der Waals surface area contributed by atoms with Gasteiger partial charge in [-0.3, -0.25) is 4.79 Å². The monoisotopic (exact) mass is 272 g/mol. The number of Topliss-reactive ketones (excluding diaryl/α,β-unsaturated/α-hetero) is 1. The lowest BCUT2D eigenvalue weighted by molar-refractivity contribution is -0.116. The van der Waals surface area contributed by atoms with Crippen molar-refractivity contribution in [2.75, 3.05) is 14.2 Å². The molecule has 82 valence electrons. The zero-order valence-electron chi connectivity index (χ0n) is 8.96. The second kappa shape index (κ2) is 5.16. The highest BCUT2D eigenvalue weighted by molar-refractivity contribution is 9.10. The van der Waals surface area contributed by atoms with Crippen molar-refractivity contribution in [2.24, 2.45) is 0 Å². The van der Waals surface area contributed by atoms with Crippen molar-refractivity contribution in [3.05, 3.63) is 22.2 Å². The van der Waals surface area contributed by atoms with Crippen molar-refractivity contribution in [1.82, 2.24) is 0 Å². The molecule has 0 saturated heterocycles. The number of hydrogen-bond acceptors (Lipinski definition) is 3. The van der Waals surface area contributed by atoms with Gasteiger partial charge in [0.05, 0.1) is 18.7 Å². The van der Waals surface area contributed by atoms with Gasteiger partial charge in [-0.25, -0.2) is 0 Å². The third-order valence-electron chi connectivity index (χ3n) is 1.95. The molecule has 0 saturated carbocycles. The van der Waals surface area contributed by atoms with Crippen molar-refractivity contribution in [1.29, 1.82) is 0 Å². The Labute approximate surface area is 97.5 Å². The van der Waals surface area contributed by atoms with Crippen LogP contribution in [0.25, 0.3) is 0 Å². The van der Waals surface area contributed by atoms with Gasteiger partial charge in [-0.2, -0.15) is 0 Å². The summed E-state index contributed by atoms with van der Waals surface area (Å²) in [5.74, 6) is 1.39. The van der Waals surface area contributed by atoms with Crippen molar-refractivity contribution in [2.45, 2.75) is 13.3 Å². The van der Waals surface area contributed by atoms with E-state index in [1.54, 1.807) is 21.1 Å². The van der Waals surface area contributed by atoms with E-state index in [1.807, 2.05) is 12.1 Å². The normalized spacial score (nSPS) is 9.87. The molecule has 0 N–H and O–H groups in total. The number of halogens is 1. The number of carbonyl (C=O) groups is 1. The molecule has 0 aliphatic carbocycles. The van der Waals surface area contributed by atoms with Crippen LogP contribution in [0.2, 0.25) is 0 Å². The van der Waals surface area contributed by atoms with Crippen LogP contribution < -0.4 is 9.47 Å². The maximum atomic E-state index is 11.0. The minimum atomic E-state index is 0.120. The van der Waals surface area contributed by atoms with E-state index in [1.165, 1.54) is 0 Å². The number of rotatable bonds is 4. The quantitative estimate of drug-likeness (QED) is 0.845. The minimum Gasteiger partial charge on any atom is -0.493 e. The standard InChI is InChI=1S/C11H13BrO3/c1-7(13)4-8-5-9(12)11(15-3)10(6-8)14-2/h5-6H,4H2,1-3H3. The lowest BCUT2D eigenvalue weighted by atomic mass is 10.1. The molecule has 0 aliphatic heterocycles. The highest BCUT2D eigenvalue weighted by Gasteiger charge is 2.11. The van der Waals surface area contributed by atoms with Gasteiger partial charge in [0.2, 0.25) is 0 Å². The third-order valence-corrected chi connectivity index (χ3v) is 2.54. The largest absolute Gasteiger partial charge is 0.493 e. The number of methoxy groups -OCH3 is 2. The second-order valence-electron chi connectivity index (χ2n) is 3.19. The predicted octanol–water partition coefficient (Wildman–Crippen LogP) is 2.60. The number of ketones is 1. The Morgan fingerprint density at radius 3 is 2.47 bits per heavy atom. The van der Waals surface area contributed by atoms with Crippen molar-refractivity contribution in [3.8, 4) is 11.5 Å². The fourth-order valence-corrected chi connectivity index (χ4v) is 2.01. The topological polar surface area (TPSA) is 35.5 Å². The summed E-state index contributed by atoms with van der Waals surface area (Å²) >= 11 is 3.37. The van der Waals surface area contributed by atoms with Crippen molar-refractivity contribution < 1.29 is 14.3 Å². The molecular weight excluding hydrogens is 260 g/mol. The first-order valence-corrected chi connectivity index (χ1v) is 5.27. The van der Waals surface area contributed by atoms with Gasteiger partial charge in [0.15, 0.2) is 11.5 Å². The maximum absolute atomic E-state index is 11.0. The van der Waals surface area contributed by atoms with Crippen LogP contribution in [0, 0.1) is 0 Å². The van der Waals surface area contributed by atoms with E-state index in [9.17, 15) is 4.79 Å². The van der Waals surface area contributed by atoms with Crippen LogP contribution in [-0.4, -0.2) is 20.0 Å². The second-order valence-corrected chi connectivity index (χ2v) is 4.05. The van der Waals surface area contributed by atoms with Crippen LogP contribution in [0.1, 0.15) is 12.5 Å². The molecule has 0 bridgehead atoms. The van der Waals surface area contributed by atoms with Gasteiger partial charge in [-0.15, -0.1) is 0 Å². The van der Waals surface area contributed by atoms with Crippen molar-refractivity contribution in [3.63, 3.8) is 0 Å². The molecule has 4 heteroatoms. The molecule has 0 aliphatic rings. The SMILES string of the molecule is COc1cc(CC(C)=O)cc(Br)c1OC. The Kier molecular flexibility index (Phi) is 4.15. The fourth-order valence-electron chi connectivity index (χ4n) is 1.36. The summed E-state index contributed by atoms with van der Waals surface area (Å²) in [6.07, 6.45) is 0.402. The number of ether oxygens (including phenoxy) is 2. The highest BCUT2D eigenvalue weighted by atomic mass is 79.9. The molecule has 3 nitrogen and oxygen atoms in total. The average molecular weight is 273 g/mol. The molecule has 0 radical (unpaired) electrons. The van der Waals surface area contributed by atoms with E-state index in [0.717, 1.165) is 10.0 Å². The van der Waals surface area contributed by atoms with Crippen LogP contribution in [0.4, 0.5) is 0 Å². The van der Waals surface area contributed by atoms with Gasteiger partial charge in [-0.05, 0) is 40.5 Å². The van der Waals surface area contributed by atoms with Crippen LogP contribution in [0.5, 0.6) is 11.5 Å². The molecule has 0 atom stereocenters. The van der Waals surface area contributed by atoms with Crippen LogP contribution >= 0.6 is 15.9 Å². The minimum absolute atomic E-state index is 0.120. The Morgan fingerprint density at radius 2 is 2.00 bits per heavy atom. The van der Waals surface area contributed by atoms with E-state index in [-0.39, 0.29) is 5.78 Å². The third kappa shape index (κ3) is 2.96. The van der Waals surface area contributed by atoms with Gasteiger partial charge in [0, 0.05) is 6.42 Å². The van der Waals surface area contributed by atoms with Gasteiger partial charge in [0.1, 0.15) is 5.78 Å². The summed E-state index contributed by atoms with van der Waals surface area (Å²) in [6.45, 7) is 1.56. The number of carbonyl (C=O) groups excluding carboxylic acids is 1.